The van der Waals surface area contributed by atoms with Crippen molar-refractivity contribution in [1.29, 1.82) is 0 Å². The van der Waals surface area contributed by atoms with Gasteiger partial charge in [-0.05, 0) is 141 Å². The van der Waals surface area contributed by atoms with E-state index in [1.165, 1.54) is 29.2 Å². The average molecular weight is 1010 g/mol. The second-order valence-electron chi connectivity index (χ2n) is 20.3. The van der Waals surface area contributed by atoms with Crippen LogP contribution in [0.3, 0.4) is 0 Å². The number of anilines is 2. The molecule has 4 aliphatic rings. The van der Waals surface area contributed by atoms with Gasteiger partial charge in [-0.15, -0.1) is 0 Å². The predicted molar refractivity (Wildman–Crippen MR) is 282 cm³/mol. The van der Waals surface area contributed by atoms with Gasteiger partial charge in [0.2, 0.25) is 23.4 Å². The lowest BCUT2D eigenvalue weighted by atomic mass is 9.87. The first kappa shape index (κ1) is 49.2. The molecule has 4 amide bonds. The number of amides is 4. The monoisotopic (exact) mass is 1010 g/mol. The zero-order chi connectivity index (χ0) is 52.0. The van der Waals surface area contributed by atoms with Crippen LogP contribution in [0.4, 0.5) is 24.5 Å². The molecule has 0 bridgehead atoms. The first-order valence-corrected chi connectivity index (χ1v) is 25.9. The number of alkyl halides is 1. The zero-order valence-electron chi connectivity index (χ0n) is 41.7. The molecule has 2 N–H and O–H groups in total. The second-order valence-corrected chi connectivity index (χ2v) is 20.3. The minimum Gasteiger partial charge on any atom is -0.350 e. The summed E-state index contributed by atoms with van der Waals surface area (Å²) in [5.74, 6) is -1.75. The maximum Gasteiger partial charge on any atom is 0.267 e. The topological polar surface area (TPSA) is 134 Å². The molecule has 75 heavy (non-hydrogen) atoms. The van der Waals surface area contributed by atoms with Crippen molar-refractivity contribution in [2.24, 2.45) is 17.8 Å². The third kappa shape index (κ3) is 9.67. The number of hydrogen-bond donors (Lipinski definition) is 2. The smallest absolute Gasteiger partial charge is 0.267 e. The number of hydrogen-bond acceptors (Lipinski definition) is 6. The highest BCUT2D eigenvalue weighted by Gasteiger charge is 2.61. The molecular weight excluding hydrogens is 954 g/mol. The lowest BCUT2D eigenvalue weighted by molar-refractivity contribution is -0.130. The lowest BCUT2D eigenvalue weighted by Gasteiger charge is -2.29. The van der Waals surface area contributed by atoms with Crippen molar-refractivity contribution in [3.63, 3.8) is 0 Å². The van der Waals surface area contributed by atoms with Crippen molar-refractivity contribution in [1.82, 2.24) is 30.2 Å². The molecular formula is C60H57F3N8O4. The van der Waals surface area contributed by atoms with Crippen LogP contribution in [0.2, 0.25) is 0 Å². The molecule has 0 spiro atoms. The third-order valence-corrected chi connectivity index (χ3v) is 15.3. The minimum absolute atomic E-state index is 0.0297. The van der Waals surface area contributed by atoms with Gasteiger partial charge < -0.3 is 20.4 Å². The Balaban J connectivity index is 0.000000161. The third-order valence-electron chi connectivity index (χ3n) is 15.3. The predicted octanol–water partition coefficient (Wildman–Crippen LogP) is 10.2. The van der Waals surface area contributed by atoms with Crippen LogP contribution in [0.5, 0.6) is 0 Å². The van der Waals surface area contributed by atoms with Gasteiger partial charge in [-0.1, -0.05) is 74.5 Å². The van der Waals surface area contributed by atoms with Crippen molar-refractivity contribution in [3.8, 4) is 11.4 Å². The number of carbonyl (C=O) groups excluding carboxylic acids is 4. The molecule has 2 aromatic heterocycles. The van der Waals surface area contributed by atoms with Crippen molar-refractivity contribution in [2.45, 2.75) is 95.1 Å². The van der Waals surface area contributed by atoms with Crippen molar-refractivity contribution in [3.05, 3.63) is 181 Å². The molecule has 2 saturated carbocycles. The number of carbonyl (C=O) groups is 4. The number of nitrogens with zero attached hydrogens (tertiary/aromatic N) is 6. The molecule has 2 aliphatic carbocycles. The molecule has 2 aliphatic heterocycles. The highest BCUT2D eigenvalue weighted by molar-refractivity contribution is 6.06. The SMILES string of the molecule is CC[C@@H]1[C@@H](NC(=O)C2CC2)C(Cc2ccccc2)C(=O)N1c1ccc2c(cnn2-c2ccc(F)cc2)c1.CC[C@@H]1[C@@H](NC(=O)C2CC2)[C@@](F)(Cc2ccccc2)C(=O)N1c1ccc2c(cnn2-c2ccc(F)cc2)c1. The molecule has 6 aromatic carbocycles. The Morgan fingerprint density at radius 2 is 1.05 bits per heavy atom. The summed E-state index contributed by atoms with van der Waals surface area (Å²) in [6.07, 6.45) is 8.50. The van der Waals surface area contributed by atoms with E-state index >= 15 is 4.39 Å². The van der Waals surface area contributed by atoms with Crippen LogP contribution < -0.4 is 20.4 Å². The van der Waals surface area contributed by atoms with Gasteiger partial charge in [-0.3, -0.25) is 19.2 Å². The van der Waals surface area contributed by atoms with E-state index in [0.29, 0.717) is 29.8 Å². The lowest BCUT2D eigenvalue weighted by Crippen LogP contribution is -2.55. The zero-order valence-corrected chi connectivity index (χ0v) is 41.7. The Labute approximate surface area is 432 Å². The van der Waals surface area contributed by atoms with Gasteiger partial charge in [0.05, 0.1) is 64.9 Å². The van der Waals surface area contributed by atoms with Crippen LogP contribution in [0, 0.1) is 29.4 Å². The van der Waals surface area contributed by atoms with E-state index in [2.05, 4.69) is 27.8 Å². The molecule has 4 heterocycles. The molecule has 4 fully saturated rings. The number of aromatic nitrogens is 4. The van der Waals surface area contributed by atoms with Crippen LogP contribution in [0.1, 0.15) is 63.5 Å². The maximum absolute atomic E-state index is 17.0. The number of halogens is 3. The van der Waals surface area contributed by atoms with Gasteiger partial charge in [0.25, 0.3) is 5.91 Å². The molecule has 0 radical (unpaired) electrons. The Morgan fingerprint density at radius 1 is 0.587 bits per heavy atom. The first-order chi connectivity index (χ1) is 36.4. The second kappa shape index (κ2) is 20.3. The van der Waals surface area contributed by atoms with Gasteiger partial charge in [-0.25, -0.2) is 22.5 Å². The van der Waals surface area contributed by atoms with E-state index in [-0.39, 0.29) is 65.6 Å². The van der Waals surface area contributed by atoms with Gasteiger partial charge in [-0.2, -0.15) is 10.2 Å². The quantitative estimate of drug-likeness (QED) is 0.111. The Kier molecular flexibility index (Phi) is 13.3. The molecule has 12 nitrogen and oxygen atoms in total. The van der Waals surface area contributed by atoms with E-state index in [9.17, 15) is 28.0 Å². The van der Waals surface area contributed by atoms with Gasteiger partial charge in [0.1, 0.15) is 11.6 Å². The summed E-state index contributed by atoms with van der Waals surface area (Å²) in [5, 5.41) is 16.8. The fourth-order valence-electron chi connectivity index (χ4n) is 11.1. The number of nitrogens with one attached hydrogen (secondary N) is 2. The Bertz CT molecular complexity index is 3400. The minimum atomic E-state index is -2.29. The van der Waals surface area contributed by atoms with E-state index in [0.717, 1.165) is 70.8 Å². The van der Waals surface area contributed by atoms with Crippen molar-refractivity contribution in [2.75, 3.05) is 9.80 Å². The van der Waals surface area contributed by atoms with Crippen LogP contribution in [0.25, 0.3) is 33.2 Å². The van der Waals surface area contributed by atoms with Crippen molar-refractivity contribution < 1.29 is 32.3 Å². The molecule has 6 atom stereocenters. The summed E-state index contributed by atoms with van der Waals surface area (Å²) in [4.78, 5) is 56.9. The van der Waals surface area contributed by atoms with E-state index in [4.69, 9.17) is 0 Å². The molecule has 12 rings (SSSR count). The summed E-state index contributed by atoms with van der Waals surface area (Å²) in [7, 11) is 0. The number of benzene rings is 6. The van der Waals surface area contributed by atoms with Crippen molar-refractivity contribution >= 4 is 56.8 Å². The highest BCUT2D eigenvalue weighted by Crippen LogP contribution is 2.42. The fraction of sp³-hybridized carbons (Fsp3) is 0.300. The normalized spacial score (nSPS) is 22.4. The fourth-order valence-corrected chi connectivity index (χ4v) is 11.1. The number of fused-ring (bicyclic) bond motifs is 2. The number of rotatable bonds is 14. The van der Waals surface area contributed by atoms with Crippen LogP contribution >= 0.6 is 0 Å². The molecule has 15 heteroatoms. The summed E-state index contributed by atoms with van der Waals surface area (Å²) >= 11 is 0. The molecule has 382 valence electrons. The standard InChI is InChI=1S/C30H28F2N4O2.C30H29FN4O2/c1-2-25-27(34-28(37)20-8-9-20)30(32,17-19-6-4-3-5-7-19)29(38)35(25)24-14-15-26-21(16-24)18-33-36(26)23-12-10-22(31)11-13-23;1-2-26-28(33-29(36)20-8-9-20)25(16-19-6-4-3-5-7-19)30(37)34(26)24-14-15-27-21(17-24)18-32-35(27)23-12-10-22(31)11-13-23/h3-7,10-16,18,20,25,27H,2,8-9,17H2,1H3,(H,34,37);3-7,10-15,17-18,20,25-26,28H,2,8-9,16H2,1H3,(H,33,36)/t25-,27-,30+;25?,26-,28+/m11/s1. The summed E-state index contributed by atoms with van der Waals surface area (Å²) in [5.41, 5.74) is 3.94. The van der Waals surface area contributed by atoms with Crippen LogP contribution in [-0.2, 0) is 32.0 Å². The maximum atomic E-state index is 17.0. The van der Waals surface area contributed by atoms with E-state index < -0.39 is 23.7 Å². The van der Waals surface area contributed by atoms with Gasteiger partial charge >= 0.3 is 0 Å². The largest absolute Gasteiger partial charge is 0.350 e. The van der Waals surface area contributed by atoms with Crippen LogP contribution in [0.15, 0.2) is 158 Å². The Hall–Kier alpha value is -8.07. The molecule has 2 saturated heterocycles. The summed E-state index contributed by atoms with van der Waals surface area (Å²) < 4.78 is 47.3. The molecule has 8 aromatic rings. The Morgan fingerprint density at radius 3 is 1.55 bits per heavy atom. The van der Waals surface area contributed by atoms with Gasteiger partial charge in [0.15, 0.2) is 0 Å². The first-order valence-electron chi connectivity index (χ1n) is 25.9. The summed E-state index contributed by atoms with van der Waals surface area (Å²) in [6.45, 7) is 3.97. The highest BCUT2D eigenvalue weighted by atomic mass is 19.1. The molecule has 1 unspecified atom stereocenters. The van der Waals surface area contributed by atoms with Crippen LogP contribution in [-0.4, -0.2) is 73.0 Å². The van der Waals surface area contributed by atoms with E-state index in [1.807, 2.05) is 90.7 Å². The van der Waals surface area contributed by atoms with Gasteiger partial charge in [0, 0.05) is 40.4 Å². The summed E-state index contributed by atoms with van der Waals surface area (Å²) in [6, 6.07) is 40.6. The average Bonchev–Trinajstić information content (AvgIpc) is 4.37. The van der Waals surface area contributed by atoms with E-state index in [1.54, 1.807) is 64.2 Å².